The third kappa shape index (κ3) is 2.41. The van der Waals surface area contributed by atoms with Crippen LogP contribution in [-0.4, -0.2) is 9.55 Å². The summed E-state index contributed by atoms with van der Waals surface area (Å²) in [5.74, 6) is -0.986. The van der Waals surface area contributed by atoms with Gasteiger partial charge in [-0.2, -0.15) is 4.39 Å². The molecule has 0 aliphatic carbocycles. The van der Waals surface area contributed by atoms with Gasteiger partial charge >= 0.3 is 5.69 Å². The lowest BCUT2D eigenvalue weighted by Gasteiger charge is -2.05. The molecule has 3 N–H and O–H groups in total. The summed E-state index contributed by atoms with van der Waals surface area (Å²) in [5.41, 5.74) is 5.25. The SMILES string of the molecule is Nc1ccc(Cn2cc(F)c(=O)[nH]c2=O)cc1. The van der Waals surface area contributed by atoms with Crippen LogP contribution in [0.4, 0.5) is 10.1 Å². The molecular formula is C11H10FN3O2. The second-order valence-corrected chi connectivity index (χ2v) is 3.61. The summed E-state index contributed by atoms with van der Waals surface area (Å²) in [6, 6.07) is 6.82. The van der Waals surface area contributed by atoms with Crippen LogP contribution in [0.15, 0.2) is 40.1 Å². The first-order valence-electron chi connectivity index (χ1n) is 4.90. The Balaban J connectivity index is 2.36. The van der Waals surface area contributed by atoms with Crippen molar-refractivity contribution in [3.8, 4) is 0 Å². The number of benzene rings is 1. The number of nitrogen functional groups attached to an aromatic ring is 1. The van der Waals surface area contributed by atoms with Crippen molar-refractivity contribution in [1.82, 2.24) is 9.55 Å². The van der Waals surface area contributed by atoms with Crippen LogP contribution in [0.5, 0.6) is 0 Å². The highest BCUT2D eigenvalue weighted by Crippen LogP contribution is 2.06. The molecule has 2 aromatic rings. The molecule has 0 unspecified atom stereocenters. The number of H-pyrrole nitrogens is 1. The maximum atomic E-state index is 13.0. The topological polar surface area (TPSA) is 80.9 Å². The molecule has 0 saturated heterocycles. The maximum Gasteiger partial charge on any atom is 0.328 e. The molecule has 0 bridgehead atoms. The predicted molar refractivity (Wildman–Crippen MR) is 61.2 cm³/mol. The second-order valence-electron chi connectivity index (χ2n) is 3.61. The van der Waals surface area contributed by atoms with Gasteiger partial charge in [-0.15, -0.1) is 0 Å². The zero-order valence-electron chi connectivity index (χ0n) is 8.81. The lowest BCUT2D eigenvalue weighted by Crippen LogP contribution is -2.31. The molecule has 0 aliphatic heterocycles. The van der Waals surface area contributed by atoms with Gasteiger partial charge in [-0.25, -0.2) is 4.79 Å². The van der Waals surface area contributed by atoms with E-state index in [4.69, 9.17) is 5.73 Å². The number of hydrogen-bond donors (Lipinski definition) is 2. The van der Waals surface area contributed by atoms with E-state index in [2.05, 4.69) is 0 Å². The molecule has 6 heteroatoms. The Morgan fingerprint density at radius 3 is 2.53 bits per heavy atom. The third-order valence-electron chi connectivity index (χ3n) is 2.30. The Kier molecular flexibility index (Phi) is 2.78. The highest BCUT2D eigenvalue weighted by molar-refractivity contribution is 5.39. The number of halogens is 1. The number of nitrogens with one attached hydrogen (secondary N) is 1. The summed E-state index contributed by atoms with van der Waals surface area (Å²) in [4.78, 5) is 24.1. The molecule has 88 valence electrons. The molecule has 2 rings (SSSR count). The van der Waals surface area contributed by atoms with Crippen LogP contribution in [0.25, 0.3) is 0 Å². The van der Waals surface area contributed by atoms with E-state index in [-0.39, 0.29) is 6.54 Å². The Labute approximate surface area is 95.3 Å². The van der Waals surface area contributed by atoms with Crippen LogP contribution < -0.4 is 17.0 Å². The smallest absolute Gasteiger partial charge is 0.328 e. The minimum Gasteiger partial charge on any atom is -0.399 e. The molecule has 1 aromatic heterocycles. The van der Waals surface area contributed by atoms with Crippen molar-refractivity contribution < 1.29 is 4.39 Å². The van der Waals surface area contributed by atoms with Gasteiger partial charge in [0.15, 0.2) is 0 Å². The van der Waals surface area contributed by atoms with E-state index >= 15 is 0 Å². The molecule has 0 saturated carbocycles. The first kappa shape index (κ1) is 11.1. The van der Waals surface area contributed by atoms with Gasteiger partial charge in [-0.05, 0) is 17.7 Å². The molecular weight excluding hydrogens is 225 g/mol. The summed E-state index contributed by atoms with van der Waals surface area (Å²) < 4.78 is 14.1. The predicted octanol–water partition coefficient (Wildman–Crippen LogP) is 0.306. The number of rotatable bonds is 2. The van der Waals surface area contributed by atoms with Gasteiger partial charge in [0, 0.05) is 5.69 Å². The highest BCUT2D eigenvalue weighted by Gasteiger charge is 2.04. The molecule has 5 nitrogen and oxygen atoms in total. The van der Waals surface area contributed by atoms with Gasteiger partial charge in [0.2, 0.25) is 5.82 Å². The number of nitrogens with two attached hydrogens (primary N) is 1. The van der Waals surface area contributed by atoms with E-state index in [9.17, 15) is 14.0 Å². The largest absolute Gasteiger partial charge is 0.399 e. The van der Waals surface area contributed by atoms with Gasteiger partial charge in [-0.1, -0.05) is 12.1 Å². The maximum absolute atomic E-state index is 13.0. The molecule has 1 aromatic carbocycles. The van der Waals surface area contributed by atoms with Gasteiger partial charge in [0.05, 0.1) is 12.7 Å². The van der Waals surface area contributed by atoms with Crippen molar-refractivity contribution >= 4 is 5.69 Å². The van der Waals surface area contributed by atoms with Crippen LogP contribution in [0.2, 0.25) is 0 Å². The van der Waals surface area contributed by atoms with Crippen molar-refractivity contribution in [2.45, 2.75) is 6.54 Å². The lowest BCUT2D eigenvalue weighted by molar-refractivity contribution is 0.566. The summed E-state index contributed by atoms with van der Waals surface area (Å²) in [6.07, 6.45) is 0.886. The van der Waals surface area contributed by atoms with E-state index in [1.54, 1.807) is 24.3 Å². The number of nitrogens with zero attached hydrogens (tertiary/aromatic N) is 1. The summed E-state index contributed by atoms with van der Waals surface area (Å²) >= 11 is 0. The van der Waals surface area contributed by atoms with E-state index in [1.807, 2.05) is 4.98 Å². The fraction of sp³-hybridized carbons (Fsp3) is 0.0909. The highest BCUT2D eigenvalue weighted by atomic mass is 19.1. The molecule has 0 aliphatic rings. The Hall–Kier alpha value is -2.37. The molecule has 0 radical (unpaired) electrons. The van der Waals surface area contributed by atoms with Crippen molar-refractivity contribution in [3.05, 3.63) is 62.7 Å². The molecule has 0 amide bonds. The van der Waals surface area contributed by atoms with Crippen molar-refractivity contribution in [2.24, 2.45) is 0 Å². The summed E-state index contributed by atoms with van der Waals surface area (Å²) in [5, 5.41) is 0. The van der Waals surface area contributed by atoms with Crippen LogP contribution in [0.1, 0.15) is 5.56 Å². The van der Waals surface area contributed by atoms with Gasteiger partial charge < -0.3 is 5.73 Å². The van der Waals surface area contributed by atoms with Crippen LogP contribution in [0, 0.1) is 5.82 Å². The monoisotopic (exact) mass is 235 g/mol. The van der Waals surface area contributed by atoms with Crippen LogP contribution in [0.3, 0.4) is 0 Å². The molecule has 1 heterocycles. The molecule has 0 fully saturated rings. The zero-order chi connectivity index (χ0) is 12.4. The number of aromatic nitrogens is 2. The van der Waals surface area contributed by atoms with Gasteiger partial charge in [-0.3, -0.25) is 14.3 Å². The minimum atomic E-state index is -1.01. The second kappa shape index (κ2) is 4.25. The fourth-order valence-electron chi connectivity index (χ4n) is 1.42. The van der Waals surface area contributed by atoms with E-state index in [0.29, 0.717) is 5.69 Å². The average Bonchev–Trinajstić information content (AvgIpc) is 2.29. The minimum absolute atomic E-state index is 0.173. The molecule has 0 spiro atoms. The standard InChI is InChI=1S/C11H10FN3O2/c12-9-6-15(11(17)14-10(9)16)5-7-1-3-8(13)4-2-7/h1-4,6H,5,13H2,(H,14,16,17). The molecule has 0 atom stereocenters. The van der Waals surface area contributed by atoms with Gasteiger partial charge in [0.25, 0.3) is 5.56 Å². The third-order valence-corrected chi connectivity index (χ3v) is 2.30. The number of hydrogen-bond acceptors (Lipinski definition) is 3. The van der Waals surface area contributed by atoms with E-state index < -0.39 is 17.1 Å². The number of anilines is 1. The van der Waals surface area contributed by atoms with Crippen molar-refractivity contribution in [3.63, 3.8) is 0 Å². The average molecular weight is 235 g/mol. The Morgan fingerprint density at radius 2 is 1.88 bits per heavy atom. The summed E-state index contributed by atoms with van der Waals surface area (Å²) in [6.45, 7) is 0.173. The van der Waals surface area contributed by atoms with Crippen LogP contribution >= 0.6 is 0 Å². The Bertz CT molecular complexity index is 643. The zero-order valence-corrected chi connectivity index (χ0v) is 8.81. The fourth-order valence-corrected chi connectivity index (χ4v) is 1.42. The first-order chi connectivity index (χ1) is 8.06. The molecule has 17 heavy (non-hydrogen) atoms. The van der Waals surface area contributed by atoms with Crippen LogP contribution in [-0.2, 0) is 6.54 Å². The first-order valence-corrected chi connectivity index (χ1v) is 4.90. The van der Waals surface area contributed by atoms with E-state index in [1.165, 1.54) is 0 Å². The summed E-state index contributed by atoms with van der Waals surface area (Å²) in [7, 11) is 0. The number of aromatic amines is 1. The lowest BCUT2D eigenvalue weighted by atomic mass is 10.2. The van der Waals surface area contributed by atoms with Crippen molar-refractivity contribution in [1.29, 1.82) is 0 Å². The van der Waals surface area contributed by atoms with Gasteiger partial charge in [0.1, 0.15) is 0 Å². The van der Waals surface area contributed by atoms with Crippen molar-refractivity contribution in [2.75, 3.05) is 5.73 Å². The van der Waals surface area contributed by atoms with E-state index in [0.717, 1.165) is 16.3 Å². The Morgan fingerprint density at radius 1 is 1.24 bits per heavy atom. The normalized spacial score (nSPS) is 10.4. The quantitative estimate of drug-likeness (QED) is 0.735.